The quantitative estimate of drug-likeness (QED) is 0.209. The standard InChI is InChI=1S/C22H44O3/c1-2-3-4-5-6-7-8-9-10-11-12-13-14-15-16-17-18-21(24)22(25)19-20-23/h20-22,24-25H,2-19H2,1H3. The molecule has 0 bridgehead atoms. The lowest BCUT2D eigenvalue weighted by Crippen LogP contribution is -2.25. The third kappa shape index (κ3) is 18.2. The van der Waals surface area contributed by atoms with Gasteiger partial charge in [-0.25, -0.2) is 0 Å². The molecule has 0 radical (unpaired) electrons. The van der Waals surface area contributed by atoms with Crippen molar-refractivity contribution in [3.8, 4) is 0 Å². The van der Waals surface area contributed by atoms with Crippen molar-refractivity contribution in [3.05, 3.63) is 0 Å². The number of hydrogen-bond acceptors (Lipinski definition) is 3. The van der Waals surface area contributed by atoms with Crippen LogP contribution in [0.15, 0.2) is 0 Å². The molecule has 0 saturated heterocycles. The highest BCUT2D eigenvalue weighted by molar-refractivity contribution is 5.50. The summed E-state index contributed by atoms with van der Waals surface area (Å²) < 4.78 is 0. The van der Waals surface area contributed by atoms with Crippen LogP contribution in [0.1, 0.15) is 122 Å². The Labute approximate surface area is 156 Å². The van der Waals surface area contributed by atoms with Crippen molar-refractivity contribution in [1.82, 2.24) is 0 Å². The van der Waals surface area contributed by atoms with Crippen molar-refractivity contribution < 1.29 is 15.0 Å². The zero-order valence-corrected chi connectivity index (χ0v) is 16.8. The zero-order valence-electron chi connectivity index (χ0n) is 16.8. The fraction of sp³-hybridized carbons (Fsp3) is 0.955. The number of aldehydes is 1. The van der Waals surface area contributed by atoms with E-state index >= 15 is 0 Å². The summed E-state index contributed by atoms with van der Waals surface area (Å²) >= 11 is 0. The first-order valence-electron chi connectivity index (χ1n) is 11.0. The molecule has 0 saturated carbocycles. The van der Waals surface area contributed by atoms with Crippen molar-refractivity contribution in [1.29, 1.82) is 0 Å². The second-order valence-corrected chi connectivity index (χ2v) is 7.63. The summed E-state index contributed by atoms with van der Waals surface area (Å²) in [6, 6.07) is 0. The first-order chi connectivity index (χ1) is 12.2. The molecule has 0 spiro atoms. The molecule has 0 fully saturated rings. The summed E-state index contributed by atoms with van der Waals surface area (Å²) in [6.07, 6.45) is 21.0. The largest absolute Gasteiger partial charge is 0.390 e. The minimum atomic E-state index is -0.881. The van der Waals surface area contributed by atoms with E-state index in [0.717, 1.165) is 12.8 Å². The Balaban J connectivity index is 3.13. The van der Waals surface area contributed by atoms with Gasteiger partial charge in [0.25, 0.3) is 0 Å². The van der Waals surface area contributed by atoms with Gasteiger partial charge in [0.05, 0.1) is 12.2 Å². The van der Waals surface area contributed by atoms with Crippen LogP contribution in [0.2, 0.25) is 0 Å². The van der Waals surface area contributed by atoms with E-state index in [4.69, 9.17) is 0 Å². The van der Waals surface area contributed by atoms with Crippen LogP contribution in [0.3, 0.4) is 0 Å². The van der Waals surface area contributed by atoms with E-state index in [1.54, 1.807) is 0 Å². The zero-order chi connectivity index (χ0) is 18.6. The smallest absolute Gasteiger partial charge is 0.122 e. The summed E-state index contributed by atoms with van der Waals surface area (Å²) in [7, 11) is 0. The van der Waals surface area contributed by atoms with E-state index in [1.165, 1.54) is 89.9 Å². The Kier molecular flexibility index (Phi) is 19.6. The molecule has 0 aromatic heterocycles. The van der Waals surface area contributed by atoms with Gasteiger partial charge in [0.1, 0.15) is 6.29 Å². The van der Waals surface area contributed by atoms with Crippen LogP contribution in [0, 0.1) is 0 Å². The number of carbonyl (C=O) groups is 1. The average molecular weight is 357 g/mol. The van der Waals surface area contributed by atoms with Crippen LogP contribution >= 0.6 is 0 Å². The fourth-order valence-corrected chi connectivity index (χ4v) is 3.35. The van der Waals surface area contributed by atoms with Gasteiger partial charge in [-0.2, -0.15) is 0 Å². The molecule has 0 rings (SSSR count). The summed E-state index contributed by atoms with van der Waals surface area (Å²) in [5.41, 5.74) is 0. The molecule has 2 atom stereocenters. The van der Waals surface area contributed by atoms with Gasteiger partial charge in [0.2, 0.25) is 0 Å². The molecular formula is C22H44O3. The lowest BCUT2D eigenvalue weighted by molar-refractivity contribution is -0.111. The number of aliphatic hydroxyl groups excluding tert-OH is 2. The molecule has 2 N–H and O–H groups in total. The van der Waals surface area contributed by atoms with E-state index in [0.29, 0.717) is 12.7 Å². The summed E-state index contributed by atoms with van der Waals surface area (Å²) in [5, 5.41) is 19.1. The Morgan fingerprint density at radius 1 is 0.600 bits per heavy atom. The molecule has 0 aliphatic rings. The monoisotopic (exact) mass is 356 g/mol. The second kappa shape index (κ2) is 19.9. The minimum Gasteiger partial charge on any atom is -0.390 e. The molecule has 2 unspecified atom stereocenters. The Morgan fingerprint density at radius 2 is 0.960 bits per heavy atom. The second-order valence-electron chi connectivity index (χ2n) is 7.63. The van der Waals surface area contributed by atoms with Gasteiger partial charge in [-0.15, -0.1) is 0 Å². The van der Waals surface area contributed by atoms with Gasteiger partial charge in [-0.1, -0.05) is 110 Å². The number of rotatable bonds is 20. The minimum absolute atomic E-state index is 0.0417. The average Bonchev–Trinajstić information content (AvgIpc) is 2.61. The maximum absolute atomic E-state index is 10.3. The van der Waals surface area contributed by atoms with Gasteiger partial charge in [0.15, 0.2) is 0 Å². The van der Waals surface area contributed by atoms with Crippen molar-refractivity contribution in [2.45, 2.75) is 135 Å². The maximum atomic E-state index is 10.3. The summed E-state index contributed by atoms with van der Waals surface area (Å²) in [6.45, 7) is 2.27. The predicted molar refractivity (Wildman–Crippen MR) is 107 cm³/mol. The Morgan fingerprint density at radius 3 is 1.32 bits per heavy atom. The fourth-order valence-electron chi connectivity index (χ4n) is 3.35. The SMILES string of the molecule is CCCCCCCCCCCCCCCCCCC(O)C(O)CC=O. The van der Waals surface area contributed by atoms with Crippen LogP contribution in [-0.2, 0) is 4.79 Å². The predicted octanol–water partition coefficient (Wildman–Crippen LogP) is 5.95. The van der Waals surface area contributed by atoms with Crippen LogP contribution in [0.4, 0.5) is 0 Å². The van der Waals surface area contributed by atoms with Gasteiger partial charge >= 0.3 is 0 Å². The van der Waals surface area contributed by atoms with Crippen molar-refractivity contribution in [2.75, 3.05) is 0 Å². The first kappa shape index (κ1) is 24.6. The van der Waals surface area contributed by atoms with E-state index in [9.17, 15) is 15.0 Å². The highest BCUT2D eigenvalue weighted by Crippen LogP contribution is 2.15. The molecule has 0 aromatic carbocycles. The van der Waals surface area contributed by atoms with Crippen LogP contribution in [0.5, 0.6) is 0 Å². The Hall–Kier alpha value is -0.410. The number of aliphatic hydroxyl groups is 2. The molecule has 3 heteroatoms. The van der Waals surface area contributed by atoms with E-state index < -0.39 is 12.2 Å². The van der Waals surface area contributed by atoms with E-state index in [1.807, 2.05) is 0 Å². The van der Waals surface area contributed by atoms with Crippen molar-refractivity contribution >= 4 is 6.29 Å². The van der Waals surface area contributed by atoms with Crippen molar-refractivity contribution in [2.24, 2.45) is 0 Å². The number of carbonyl (C=O) groups excluding carboxylic acids is 1. The third-order valence-corrected chi connectivity index (χ3v) is 5.14. The number of hydrogen-bond donors (Lipinski definition) is 2. The normalized spacial score (nSPS) is 13.7. The molecule has 3 nitrogen and oxygen atoms in total. The van der Waals surface area contributed by atoms with Crippen LogP contribution in [0.25, 0.3) is 0 Å². The van der Waals surface area contributed by atoms with Gasteiger partial charge in [-0.3, -0.25) is 0 Å². The topological polar surface area (TPSA) is 57.5 Å². The van der Waals surface area contributed by atoms with E-state index in [2.05, 4.69) is 6.92 Å². The lowest BCUT2D eigenvalue weighted by atomic mass is 10.0. The number of unbranched alkanes of at least 4 members (excludes halogenated alkanes) is 15. The third-order valence-electron chi connectivity index (χ3n) is 5.14. The molecular weight excluding hydrogens is 312 g/mol. The molecule has 0 aromatic rings. The van der Waals surface area contributed by atoms with Gasteiger partial charge in [-0.05, 0) is 6.42 Å². The molecule has 25 heavy (non-hydrogen) atoms. The van der Waals surface area contributed by atoms with E-state index in [-0.39, 0.29) is 6.42 Å². The van der Waals surface area contributed by atoms with Gasteiger partial charge in [0, 0.05) is 6.42 Å². The van der Waals surface area contributed by atoms with Crippen LogP contribution in [-0.4, -0.2) is 28.7 Å². The summed E-state index contributed by atoms with van der Waals surface area (Å²) in [4.78, 5) is 10.3. The molecule has 0 aliphatic heterocycles. The molecule has 150 valence electrons. The highest BCUT2D eigenvalue weighted by atomic mass is 16.3. The highest BCUT2D eigenvalue weighted by Gasteiger charge is 2.14. The lowest BCUT2D eigenvalue weighted by Gasteiger charge is -2.15. The Bertz CT molecular complexity index is 268. The first-order valence-corrected chi connectivity index (χ1v) is 11.0. The molecule has 0 amide bonds. The molecule has 0 aliphatic carbocycles. The van der Waals surface area contributed by atoms with Gasteiger partial charge < -0.3 is 15.0 Å². The van der Waals surface area contributed by atoms with Crippen LogP contribution < -0.4 is 0 Å². The maximum Gasteiger partial charge on any atom is 0.122 e. The summed E-state index contributed by atoms with van der Waals surface area (Å²) in [5.74, 6) is 0. The molecule has 0 heterocycles. The van der Waals surface area contributed by atoms with Crippen molar-refractivity contribution in [3.63, 3.8) is 0 Å².